The molecule has 4 amide bonds. The van der Waals surface area contributed by atoms with Gasteiger partial charge >= 0.3 is 12.2 Å². The number of nitrogens with two attached hydrogens (primary N) is 2. The van der Waals surface area contributed by atoms with E-state index in [1.165, 1.54) is 0 Å². The average molecular weight is 759 g/mol. The van der Waals surface area contributed by atoms with E-state index in [2.05, 4.69) is 32.7 Å². The van der Waals surface area contributed by atoms with Crippen molar-refractivity contribution in [2.45, 2.75) is 52.6 Å². The lowest BCUT2D eigenvalue weighted by molar-refractivity contribution is -0.118. The fraction of sp³-hybridized carbons (Fsp3) is 0.400. The van der Waals surface area contributed by atoms with E-state index in [0.29, 0.717) is 60.4 Å². The van der Waals surface area contributed by atoms with Crippen LogP contribution in [0.2, 0.25) is 0 Å². The van der Waals surface area contributed by atoms with Gasteiger partial charge in [0.05, 0.1) is 59.3 Å². The third-order valence-corrected chi connectivity index (χ3v) is 10.7. The van der Waals surface area contributed by atoms with Crippen LogP contribution < -0.4 is 31.9 Å². The van der Waals surface area contributed by atoms with Crippen molar-refractivity contribution in [3.8, 4) is 12.1 Å². The molecule has 4 aliphatic rings. The van der Waals surface area contributed by atoms with Crippen molar-refractivity contribution in [2.24, 2.45) is 35.5 Å². The Balaban J connectivity index is 0.000000172. The van der Waals surface area contributed by atoms with Gasteiger partial charge < -0.3 is 31.6 Å². The fourth-order valence-corrected chi connectivity index (χ4v) is 7.09. The van der Waals surface area contributed by atoms with E-state index in [0.717, 1.165) is 21.5 Å². The predicted molar refractivity (Wildman–Crippen MR) is 209 cm³/mol. The monoisotopic (exact) mass is 758 g/mol. The molecule has 0 unspecified atom stereocenters. The number of hydrogen-bond donors (Lipinski definition) is 4. The Morgan fingerprint density at radius 1 is 0.714 bits per heavy atom. The smallest absolute Gasteiger partial charge is 0.414 e. The molecule has 0 bridgehead atoms. The molecule has 6 atom stereocenters. The minimum atomic E-state index is -0.392. The molecule has 16 heteroatoms. The maximum atomic E-state index is 12.3. The van der Waals surface area contributed by atoms with Crippen LogP contribution in [0.5, 0.6) is 0 Å². The highest BCUT2D eigenvalue weighted by atomic mass is 16.6. The van der Waals surface area contributed by atoms with Gasteiger partial charge in [-0.05, 0) is 71.8 Å². The van der Waals surface area contributed by atoms with Crippen molar-refractivity contribution < 1.29 is 28.7 Å². The van der Waals surface area contributed by atoms with Crippen molar-refractivity contribution in [3.63, 3.8) is 0 Å². The quantitative estimate of drug-likeness (QED) is 0.156. The van der Waals surface area contributed by atoms with Crippen molar-refractivity contribution in [1.29, 1.82) is 10.5 Å². The van der Waals surface area contributed by atoms with Crippen molar-refractivity contribution in [1.82, 2.24) is 9.97 Å². The molecule has 0 spiro atoms. The highest BCUT2D eigenvalue weighted by Gasteiger charge is 2.44. The largest absolute Gasteiger partial charge is 0.447 e. The first kappa shape index (κ1) is 37.6. The van der Waals surface area contributed by atoms with Gasteiger partial charge in [0.2, 0.25) is 11.8 Å². The number of nitrogens with one attached hydrogen (secondary N) is 2. The van der Waals surface area contributed by atoms with Crippen LogP contribution in [0, 0.1) is 58.2 Å². The molecule has 288 valence electrons. The molecule has 0 radical (unpaired) electrons. The molecular weight excluding hydrogens is 717 g/mol. The first-order chi connectivity index (χ1) is 26.8. The first-order valence-electron chi connectivity index (χ1n) is 18.5. The first-order valence-corrected chi connectivity index (χ1v) is 18.5. The van der Waals surface area contributed by atoms with Crippen LogP contribution in [0.3, 0.4) is 0 Å². The number of pyridine rings is 2. The zero-order chi connectivity index (χ0) is 40.0. The van der Waals surface area contributed by atoms with Gasteiger partial charge in [-0.1, -0.05) is 27.7 Å². The average Bonchev–Trinajstić information content (AvgIpc) is 4.06. The Kier molecular flexibility index (Phi) is 9.99. The maximum Gasteiger partial charge on any atom is 0.414 e. The number of carbonyl (C=O) groups excluding carboxylic acids is 4. The minimum Gasteiger partial charge on any atom is -0.447 e. The standard InChI is InChI=1S/2C20H21N5O3/c2*1-10(2)17-9-28-20(27)25(17)13-3-11-5-18(23-8-15(11)16(22)6-13)24-19(26)14-4-12(14)7-21/h2*3,5-6,8,10,12,14,17H,4,9,22H2,1-2H3,(H,23,24,26)/t12-,14+,17+;12-,14+,17-/m10/s1. The van der Waals surface area contributed by atoms with Gasteiger partial charge in [0.1, 0.15) is 24.8 Å². The number of amides is 4. The molecule has 4 fully saturated rings. The summed E-state index contributed by atoms with van der Waals surface area (Å²) >= 11 is 0. The number of ether oxygens (including phenoxy) is 2. The third-order valence-electron chi connectivity index (χ3n) is 10.7. The summed E-state index contributed by atoms with van der Waals surface area (Å²) in [5.41, 5.74) is 14.7. The molecule has 2 saturated heterocycles. The Morgan fingerprint density at radius 2 is 1.11 bits per heavy atom. The summed E-state index contributed by atoms with van der Waals surface area (Å²) in [5, 5.41) is 26.3. The number of aromatic nitrogens is 2. The molecule has 2 aromatic heterocycles. The molecule has 56 heavy (non-hydrogen) atoms. The van der Waals surface area contributed by atoms with Crippen LogP contribution in [0.25, 0.3) is 21.5 Å². The number of nitrogen functional groups attached to an aromatic ring is 2. The Labute approximate surface area is 322 Å². The summed E-state index contributed by atoms with van der Waals surface area (Å²) in [6.45, 7) is 8.82. The Bertz CT molecular complexity index is 2190. The molecule has 6 N–H and O–H groups in total. The number of anilines is 6. The van der Waals surface area contributed by atoms with E-state index < -0.39 is 12.2 Å². The molecule has 8 rings (SSSR count). The van der Waals surface area contributed by atoms with E-state index in [4.69, 9.17) is 31.5 Å². The number of cyclic esters (lactones) is 2. The Morgan fingerprint density at radius 3 is 1.45 bits per heavy atom. The normalized spacial score (nSPS) is 23.6. The molecular formula is C40H42N10O6. The van der Waals surface area contributed by atoms with Gasteiger partial charge in [0, 0.05) is 34.5 Å². The van der Waals surface area contributed by atoms with E-state index in [9.17, 15) is 19.2 Å². The molecule has 2 aliphatic carbocycles. The number of benzene rings is 2. The summed E-state index contributed by atoms with van der Waals surface area (Å²) in [4.78, 5) is 60.7. The van der Waals surface area contributed by atoms with Crippen molar-refractivity contribution in [3.05, 3.63) is 48.8 Å². The second-order valence-corrected chi connectivity index (χ2v) is 15.3. The number of nitriles is 2. The molecule has 4 aromatic rings. The van der Waals surface area contributed by atoms with E-state index in [1.54, 1.807) is 46.5 Å². The summed E-state index contributed by atoms with van der Waals surface area (Å²) in [6.07, 6.45) is 3.58. The highest BCUT2D eigenvalue weighted by molar-refractivity contribution is 6.03. The fourth-order valence-electron chi connectivity index (χ4n) is 7.09. The summed E-state index contributed by atoms with van der Waals surface area (Å²) < 4.78 is 10.5. The van der Waals surface area contributed by atoms with E-state index in [1.807, 2.05) is 39.8 Å². The molecule has 4 heterocycles. The summed E-state index contributed by atoms with van der Waals surface area (Å²) in [6, 6.07) is 14.7. The lowest BCUT2D eigenvalue weighted by Crippen LogP contribution is -2.37. The van der Waals surface area contributed by atoms with Gasteiger partial charge in [-0.3, -0.25) is 19.4 Å². The lowest BCUT2D eigenvalue weighted by Gasteiger charge is -2.25. The third kappa shape index (κ3) is 7.38. The molecule has 2 aromatic carbocycles. The highest BCUT2D eigenvalue weighted by Crippen LogP contribution is 2.40. The summed E-state index contributed by atoms with van der Waals surface area (Å²) in [7, 11) is 0. The van der Waals surface area contributed by atoms with Crippen LogP contribution in [0.4, 0.5) is 44.0 Å². The summed E-state index contributed by atoms with van der Waals surface area (Å²) in [5.74, 6) is -0.145. The van der Waals surface area contributed by atoms with E-state index in [-0.39, 0.29) is 59.4 Å². The number of carbonyl (C=O) groups is 4. The number of rotatable bonds is 8. The second-order valence-electron chi connectivity index (χ2n) is 15.3. The van der Waals surface area contributed by atoms with Gasteiger partial charge in [0.25, 0.3) is 0 Å². The van der Waals surface area contributed by atoms with Crippen LogP contribution in [0.15, 0.2) is 48.8 Å². The number of fused-ring (bicyclic) bond motifs is 2. The SMILES string of the molecule is CC(C)[C@@H]1COC(=O)N1c1cc(N)c2cnc(NC(=O)[C@@H]3C[C@H]3C#N)cc2c1.CC(C)[C@@H]1COC(=O)N1c1cc(N)c2cnc(NC(=O)[C@H]3C[C@@H]3C#N)cc2c1. The molecule has 2 saturated carbocycles. The lowest BCUT2D eigenvalue weighted by atomic mass is 10.0. The Hall–Kier alpha value is -6.68. The second kappa shape index (κ2) is 14.9. The van der Waals surface area contributed by atoms with Crippen LogP contribution in [-0.2, 0) is 19.1 Å². The van der Waals surface area contributed by atoms with Crippen LogP contribution >= 0.6 is 0 Å². The van der Waals surface area contributed by atoms with Crippen LogP contribution in [0.1, 0.15) is 40.5 Å². The maximum absolute atomic E-state index is 12.3. The zero-order valence-electron chi connectivity index (χ0n) is 31.4. The van der Waals surface area contributed by atoms with Crippen LogP contribution in [-0.4, -0.2) is 59.3 Å². The molecule has 16 nitrogen and oxygen atoms in total. The minimum absolute atomic E-state index is 0.0665. The number of nitrogens with zero attached hydrogens (tertiary/aromatic N) is 6. The molecule has 2 aliphatic heterocycles. The topological polar surface area (TPSA) is 243 Å². The van der Waals surface area contributed by atoms with Crippen molar-refractivity contribution in [2.75, 3.05) is 45.1 Å². The number of hydrogen-bond acceptors (Lipinski definition) is 12. The van der Waals surface area contributed by atoms with Gasteiger partial charge in [-0.2, -0.15) is 10.5 Å². The van der Waals surface area contributed by atoms with Gasteiger partial charge in [0.15, 0.2) is 0 Å². The zero-order valence-corrected chi connectivity index (χ0v) is 31.4. The van der Waals surface area contributed by atoms with E-state index >= 15 is 0 Å². The predicted octanol–water partition coefficient (Wildman–Crippen LogP) is 5.79. The van der Waals surface area contributed by atoms with Gasteiger partial charge in [-0.25, -0.2) is 19.6 Å². The van der Waals surface area contributed by atoms with Crippen molar-refractivity contribution >= 4 is 79.9 Å². The van der Waals surface area contributed by atoms with Gasteiger partial charge in [-0.15, -0.1) is 0 Å².